The maximum Gasteiger partial charge on any atom is 0.280 e. The Bertz CT molecular complexity index is 623. The molecule has 0 atom stereocenters. The van der Waals surface area contributed by atoms with Gasteiger partial charge in [-0.1, -0.05) is 6.07 Å². The maximum atomic E-state index is 13.4. The summed E-state index contributed by atoms with van der Waals surface area (Å²) in [4.78, 5) is 0. The number of hydrogen-bond donors (Lipinski definition) is 1. The zero-order chi connectivity index (χ0) is 14.8. The average molecular weight is 293 g/mol. The van der Waals surface area contributed by atoms with Crippen LogP contribution < -0.4 is 10.1 Å². The molecule has 0 aliphatic heterocycles. The summed E-state index contributed by atoms with van der Waals surface area (Å²) in [6.45, 7) is 0.425. The Balaban J connectivity index is 1.92. The highest BCUT2D eigenvalue weighted by Crippen LogP contribution is 2.28. The van der Waals surface area contributed by atoms with Gasteiger partial charge in [-0.05, 0) is 25.0 Å². The SMILES string of the molecule is COc1cccc(-n2ncc(CNC3CC3)c2C(F)F)c1. The summed E-state index contributed by atoms with van der Waals surface area (Å²) in [5.41, 5.74) is 1.05. The third-order valence-electron chi connectivity index (χ3n) is 3.55. The van der Waals surface area contributed by atoms with E-state index in [9.17, 15) is 8.78 Å². The monoisotopic (exact) mass is 293 g/mol. The Labute approximate surface area is 121 Å². The molecular formula is C15H17F2N3O. The molecule has 2 aromatic rings. The second-order valence-electron chi connectivity index (χ2n) is 5.12. The van der Waals surface area contributed by atoms with Gasteiger partial charge in [0.15, 0.2) is 0 Å². The highest BCUT2D eigenvalue weighted by molar-refractivity contribution is 5.41. The van der Waals surface area contributed by atoms with Crippen LogP contribution in [0.25, 0.3) is 5.69 Å². The van der Waals surface area contributed by atoms with Gasteiger partial charge in [-0.2, -0.15) is 5.10 Å². The second kappa shape index (κ2) is 5.81. The second-order valence-corrected chi connectivity index (χ2v) is 5.12. The molecule has 1 fully saturated rings. The minimum absolute atomic E-state index is 0.0589. The van der Waals surface area contributed by atoms with Crippen LogP contribution in [0.5, 0.6) is 5.75 Å². The van der Waals surface area contributed by atoms with Gasteiger partial charge in [0.25, 0.3) is 6.43 Å². The molecular weight excluding hydrogens is 276 g/mol. The zero-order valence-electron chi connectivity index (χ0n) is 11.7. The Hall–Kier alpha value is -1.95. The normalized spacial score (nSPS) is 14.7. The molecule has 0 radical (unpaired) electrons. The van der Waals surface area contributed by atoms with E-state index >= 15 is 0 Å². The molecule has 0 bridgehead atoms. The molecule has 1 saturated carbocycles. The molecule has 1 aliphatic rings. The fraction of sp³-hybridized carbons (Fsp3) is 0.400. The number of benzene rings is 1. The van der Waals surface area contributed by atoms with Gasteiger partial charge in [0.1, 0.15) is 11.4 Å². The summed E-state index contributed by atoms with van der Waals surface area (Å²) in [6.07, 6.45) is 1.17. The number of ether oxygens (including phenoxy) is 1. The van der Waals surface area contributed by atoms with Crippen molar-refractivity contribution in [2.75, 3.05) is 7.11 Å². The van der Waals surface area contributed by atoms with E-state index in [0.29, 0.717) is 29.6 Å². The Morgan fingerprint density at radius 3 is 2.90 bits per heavy atom. The quantitative estimate of drug-likeness (QED) is 0.889. The van der Waals surface area contributed by atoms with E-state index < -0.39 is 6.43 Å². The van der Waals surface area contributed by atoms with Gasteiger partial charge in [-0.3, -0.25) is 0 Å². The van der Waals surface area contributed by atoms with Crippen LogP contribution >= 0.6 is 0 Å². The van der Waals surface area contributed by atoms with E-state index in [-0.39, 0.29) is 5.69 Å². The summed E-state index contributed by atoms with van der Waals surface area (Å²) < 4.78 is 33.2. The number of nitrogens with one attached hydrogen (secondary N) is 1. The Kier molecular flexibility index (Phi) is 3.88. The van der Waals surface area contributed by atoms with Gasteiger partial charge < -0.3 is 10.1 Å². The molecule has 0 amide bonds. The van der Waals surface area contributed by atoms with Crippen LogP contribution in [0.15, 0.2) is 30.5 Å². The number of rotatable bonds is 6. The largest absolute Gasteiger partial charge is 0.497 e. The van der Waals surface area contributed by atoms with E-state index in [2.05, 4.69) is 10.4 Å². The van der Waals surface area contributed by atoms with Crippen molar-refractivity contribution in [1.29, 1.82) is 0 Å². The lowest BCUT2D eigenvalue weighted by Crippen LogP contribution is -2.16. The van der Waals surface area contributed by atoms with Crippen molar-refractivity contribution in [2.24, 2.45) is 0 Å². The molecule has 6 heteroatoms. The number of hydrogen-bond acceptors (Lipinski definition) is 3. The summed E-state index contributed by atoms with van der Waals surface area (Å²) in [6, 6.07) is 7.42. The molecule has 3 rings (SSSR count). The lowest BCUT2D eigenvalue weighted by Gasteiger charge is -2.10. The van der Waals surface area contributed by atoms with Crippen LogP contribution in [-0.4, -0.2) is 22.9 Å². The van der Waals surface area contributed by atoms with Gasteiger partial charge in [0.05, 0.1) is 19.0 Å². The summed E-state index contributed by atoms with van der Waals surface area (Å²) in [5.74, 6) is 0.612. The van der Waals surface area contributed by atoms with Crippen molar-refractivity contribution in [2.45, 2.75) is 31.9 Å². The molecule has 1 heterocycles. The molecule has 0 unspecified atom stereocenters. The first-order valence-corrected chi connectivity index (χ1v) is 6.92. The first-order valence-electron chi connectivity index (χ1n) is 6.92. The fourth-order valence-electron chi connectivity index (χ4n) is 2.25. The molecule has 1 aliphatic carbocycles. The van der Waals surface area contributed by atoms with Gasteiger partial charge in [0.2, 0.25) is 0 Å². The van der Waals surface area contributed by atoms with Crippen molar-refractivity contribution in [3.63, 3.8) is 0 Å². The molecule has 4 nitrogen and oxygen atoms in total. The van der Waals surface area contributed by atoms with Crippen LogP contribution in [0.3, 0.4) is 0 Å². The zero-order valence-corrected chi connectivity index (χ0v) is 11.7. The maximum absolute atomic E-state index is 13.4. The Morgan fingerprint density at radius 1 is 1.43 bits per heavy atom. The van der Waals surface area contributed by atoms with Crippen molar-refractivity contribution >= 4 is 0 Å². The predicted octanol–water partition coefficient (Wildman–Crippen LogP) is 3.07. The highest BCUT2D eigenvalue weighted by atomic mass is 19.3. The summed E-state index contributed by atoms with van der Waals surface area (Å²) >= 11 is 0. The number of aromatic nitrogens is 2. The van der Waals surface area contributed by atoms with Gasteiger partial charge >= 0.3 is 0 Å². The van der Waals surface area contributed by atoms with Crippen molar-refractivity contribution in [3.05, 3.63) is 41.7 Å². The van der Waals surface area contributed by atoms with Crippen LogP contribution in [0.1, 0.15) is 30.5 Å². The van der Waals surface area contributed by atoms with E-state index in [1.165, 1.54) is 10.9 Å². The average Bonchev–Trinajstić information content (AvgIpc) is 3.22. The van der Waals surface area contributed by atoms with Crippen molar-refractivity contribution < 1.29 is 13.5 Å². The van der Waals surface area contributed by atoms with Gasteiger partial charge in [-0.15, -0.1) is 0 Å². The molecule has 1 aromatic carbocycles. The summed E-state index contributed by atoms with van der Waals surface area (Å²) in [7, 11) is 1.54. The molecule has 1 aromatic heterocycles. The lowest BCUT2D eigenvalue weighted by atomic mass is 10.2. The van der Waals surface area contributed by atoms with Crippen LogP contribution in [-0.2, 0) is 6.54 Å². The summed E-state index contributed by atoms with van der Waals surface area (Å²) in [5, 5.41) is 7.37. The predicted molar refractivity (Wildman–Crippen MR) is 74.9 cm³/mol. The number of alkyl halides is 2. The van der Waals surface area contributed by atoms with Gasteiger partial charge in [0, 0.05) is 24.2 Å². The lowest BCUT2D eigenvalue weighted by molar-refractivity contribution is 0.141. The minimum Gasteiger partial charge on any atom is -0.497 e. The van der Waals surface area contributed by atoms with E-state index in [1.54, 1.807) is 31.4 Å². The fourth-order valence-corrected chi connectivity index (χ4v) is 2.25. The smallest absolute Gasteiger partial charge is 0.280 e. The van der Waals surface area contributed by atoms with Crippen molar-refractivity contribution in [1.82, 2.24) is 15.1 Å². The molecule has 0 saturated heterocycles. The highest BCUT2D eigenvalue weighted by Gasteiger charge is 2.24. The number of halogens is 2. The molecule has 1 N–H and O–H groups in total. The first kappa shape index (κ1) is 14.0. The standard InChI is InChI=1S/C15H17F2N3O/c1-21-13-4-2-3-12(7-13)20-14(15(16)17)10(9-19-20)8-18-11-5-6-11/h2-4,7,9,11,15,18H,5-6,8H2,1H3. The number of nitrogens with zero attached hydrogens (tertiary/aromatic N) is 2. The third kappa shape index (κ3) is 3.05. The molecule has 0 spiro atoms. The topological polar surface area (TPSA) is 39.1 Å². The van der Waals surface area contributed by atoms with E-state index in [0.717, 1.165) is 12.8 Å². The molecule has 112 valence electrons. The van der Waals surface area contributed by atoms with Crippen molar-refractivity contribution in [3.8, 4) is 11.4 Å². The molecule has 21 heavy (non-hydrogen) atoms. The number of methoxy groups -OCH3 is 1. The van der Waals surface area contributed by atoms with Crippen LogP contribution in [0, 0.1) is 0 Å². The first-order chi connectivity index (χ1) is 10.2. The van der Waals surface area contributed by atoms with Crippen LogP contribution in [0.4, 0.5) is 8.78 Å². The third-order valence-corrected chi connectivity index (χ3v) is 3.55. The Morgan fingerprint density at radius 2 is 2.24 bits per heavy atom. The van der Waals surface area contributed by atoms with E-state index in [1.807, 2.05) is 0 Å². The minimum atomic E-state index is -2.57. The van der Waals surface area contributed by atoms with Crippen LogP contribution in [0.2, 0.25) is 0 Å². The van der Waals surface area contributed by atoms with Gasteiger partial charge in [-0.25, -0.2) is 13.5 Å². The van der Waals surface area contributed by atoms with E-state index in [4.69, 9.17) is 4.74 Å².